The molecule has 0 aliphatic heterocycles. The first-order chi connectivity index (χ1) is 9.69. The maximum Gasteiger partial charge on any atom is 0.573 e. The number of pyridine rings is 1. The minimum absolute atomic E-state index is 0.187. The third-order valence-corrected chi connectivity index (χ3v) is 2.09. The number of halogens is 5. The Morgan fingerprint density at radius 1 is 1.38 bits per heavy atom. The summed E-state index contributed by atoms with van der Waals surface area (Å²) in [5, 5.41) is 0. The molecule has 0 aliphatic rings. The van der Waals surface area contributed by atoms with Gasteiger partial charge in [-0.15, -0.1) is 13.2 Å². The molecule has 0 unspecified atom stereocenters. The van der Waals surface area contributed by atoms with Crippen LogP contribution in [0.2, 0.25) is 0 Å². The molecule has 21 heavy (non-hydrogen) atoms. The number of hydrogen-bond donors (Lipinski definition) is 0. The van der Waals surface area contributed by atoms with Crippen LogP contribution in [0.25, 0.3) is 0 Å². The summed E-state index contributed by atoms with van der Waals surface area (Å²) >= 11 is 0. The van der Waals surface area contributed by atoms with Gasteiger partial charge in [-0.25, -0.2) is 18.6 Å². The summed E-state index contributed by atoms with van der Waals surface area (Å²) in [6.45, 7) is 1.20. The highest BCUT2D eigenvalue weighted by molar-refractivity contribution is 5.91. The molecule has 0 radical (unpaired) electrons. The SMILES string of the molecule is CCOC(=O)c1nc(C(F)F)cc(OC)c1OC(F)(F)F. The minimum Gasteiger partial charge on any atom is -0.493 e. The Morgan fingerprint density at radius 3 is 2.43 bits per heavy atom. The molecule has 1 rings (SSSR count). The number of ether oxygens (including phenoxy) is 3. The Hall–Kier alpha value is -2.13. The number of aromatic nitrogens is 1. The molecule has 0 aromatic carbocycles. The first-order valence-electron chi connectivity index (χ1n) is 5.49. The molecule has 118 valence electrons. The summed E-state index contributed by atoms with van der Waals surface area (Å²) in [6, 6.07) is 0.550. The summed E-state index contributed by atoms with van der Waals surface area (Å²) < 4.78 is 75.0. The highest BCUT2D eigenvalue weighted by atomic mass is 19.4. The van der Waals surface area contributed by atoms with Crippen molar-refractivity contribution in [2.45, 2.75) is 19.7 Å². The van der Waals surface area contributed by atoms with E-state index in [-0.39, 0.29) is 6.61 Å². The van der Waals surface area contributed by atoms with E-state index in [0.29, 0.717) is 6.07 Å². The monoisotopic (exact) mass is 315 g/mol. The lowest BCUT2D eigenvalue weighted by Crippen LogP contribution is -2.21. The summed E-state index contributed by atoms with van der Waals surface area (Å²) in [4.78, 5) is 14.7. The molecule has 0 saturated heterocycles. The largest absolute Gasteiger partial charge is 0.573 e. The van der Waals surface area contributed by atoms with Crippen molar-refractivity contribution in [1.29, 1.82) is 0 Å². The number of carbonyl (C=O) groups is 1. The van der Waals surface area contributed by atoms with Crippen molar-refractivity contribution in [2.75, 3.05) is 13.7 Å². The summed E-state index contributed by atoms with van der Waals surface area (Å²) in [5.41, 5.74) is -1.98. The molecule has 1 heterocycles. The second-order valence-electron chi connectivity index (χ2n) is 3.50. The van der Waals surface area contributed by atoms with Crippen LogP contribution in [0.1, 0.15) is 29.5 Å². The number of nitrogens with zero attached hydrogens (tertiary/aromatic N) is 1. The molecule has 0 fully saturated rings. The highest BCUT2D eigenvalue weighted by Crippen LogP contribution is 2.37. The van der Waals surface area contributed by atoms with Crippen molar-refractivity contribution in [3.8, 4) is 11.5 Å². The Kier molecular flexibility index (Phi) is 5.28. The molecule has 1 aromatic rings. The van der Waals surface area contributed by atoms with E-state index in [9.17, 15) is 26.7 Å². The van der Waals surface area contributed by atoms with Gasteiger partial charge in [0.05, 0.1) is 13.7 Å². The van der Waals surface area contributed by atoms with E-state index in [1.165, 1.54) is 6.92 Å². The second-order valence-corrected chi connectivity index (χ2v) is 3.50. The fourth-order valence-corrected chi connectivity index (χ4v) is 1.34. The van der Waals surface area contributed by atoms with E-state index in [1.807, 2.05) is 0 Å². The van der Waals surface area contributed by atoms with E-state index >= 15 is 0 Å². The zero-order valence-corrected chi connectivity index (χ0v) is 10.8. The molecule has 0 saturated carbocycles. The van der Waals surface area contributed by atoms with Crippen LogP contribution in [-0.2, 0) is 4.74 Å². The van der Waals surface area contributed by atoms with E-state index in [0.717, 1.165) is 7.11 Å². The number of methoxy groups -OCH3 is 1. The zero-order valence-electron chi connectivity index (χ0n) is 10.8. The van der Waals surface area contributed by atoms with Crippen LogP contribution in [0.15, 0.2) is 6.07 Å². The van der Waals surface area contributed by atoms with Gasteiger partial charge < -0.3 is 14.2 Å². The van der Waals surface area contributed by atoms with Crippen LogP contribution < -0.4 is 9.47 Å². The number of rotatable bonds is 5. The fraction of sp³-hybridized carbons (Fsp3) is 0.455. The summed E-state index contributed by atoms with van der Waals surface area (Å²) in [5.74, 6) is -3.17. The maximum absolute atomic E-state index is 12.6. The lowest BCUT2D eigenvalue weighted by molar-refractivity contribution is -0.275. The van der Waals surface area contributed by atoms with Crippen molar-refractivity contribution < 1.29 is 41.0 Å². The summed E-state index contributed by atoms with van der Waals surface area (Å²) in [6.07, 6.45) is -8.28. The minimum atomic E-state index is -5.16. The van der Waals surface area contributed by atoms with Gasteiger partial charge in [-0.1, -0.05) is 0 Å². The van der Waals surface area contributed by atoms with Gasteiger partial charge in [0, 0.05) is 6.07 Å². The first kappa shape index (κ1) is 16.9. The summed E-state index contributed by atoms with van der Waals surface area (Å²) in [7, 11) is 0.933. The highest BCUT2D eigenvalue weighted by Gasteiger charge is 2.36. The number of carbonyl (C=O) groups excluding carboxylic acids is 1. The first-order valence-corrected chi connectivity index (χ1v) is 5.49. The number of hydrogen-bond acceptors (Lipinski definition) is 5. The maximum atomic E-state index is 12.6. The molecular weight excluding hydrogens is 305 g/mol. The fourth-order valence-electron chi connectivity index (χ4n) is 1.34. The molecule has 0 N–H and O–H groups in total. The van der Waals surface area contributed by atoms with Crippen molar-refractivity contribution in [3.63, 3.8) is 0 Å². The van der Waals surface area contributed by atoms with Crippen molar-refractivity contribution >= 4 is 5.97 Å². The molecule has 5 nitrogen and oxygen atoms in total. The Labute approximate surface area is 115 Å². The lowest BCUT2D eigenvalue weighted by atomic mass is 10.2. The second kappa shape index (κ2) is 6.55. The molecule has 0 aliphatic carbocycles. The van der Waals surface area contributed by atoms with Gasteiger partial charge in [0.15, 0.2) is 11.4 Å². The van der Waals surface area contributed by atoms with Crippen molar-refractivity contribution in [3.05, 3.63) is 17.5 Å². The van der Waals surface area contributed by atoms with Crippen LogP contribution in [-0.4, -0.2) is 31.0 Å². The molecule has 0 atom stereocenters. The third kappa shape index (κ3) is 4.43. The van der Waals surface area contributed by atoms with Crippen LogP contribution in [0, 0.1) is 0 Å². The molecule has 10 heteroatoms. The number of esters is 1. The molecule has 0 spiro atoms. The number of alkyl halides is 5. The smallest absolute Gasteiger partial charge is 0.493 e. The molecule has 0 bridgehead atoms. The van der Waals surface area contributed by atoms with Crippen LogP contribution >= 0.6 is 0 Å². The van der Waals surface area contributed by atoms with E-state index in [4.69, 9.17) is 0 Å². The van der Waals surface area contributed by atoms with Crippen molar-refractivity contribution in [1.82, 2.24) is 4.98 Å². The van der Waals surface area contributed by atoms with Gasteiger partial charge in [0.25, 0.3) is 6.43 Å². The standard InChI is InChI=1S/C11H10F5NO4/c1-3-20-10(18)7-8(21-11(14,15)16)6(19-2)4-5(17-7)9(12)13/h4,9H,3H2,1-2H3. The van der Waals surface area contributed by atoms with Gasteiger partial charge in [-0.3, -0.25) is 0 Å². The van der Waals surface area contributed by atoms with E-state index < -0.39 is 41.6 Å². The van der Waals surface area contributed by atoms with Crippen LogP contribution in [0.3, 0.4) is 0 Å². The van der Waals surface area contributed by atoms with Gasteiger partial charge in [0.2, 0.25) is 5.75 Å². The predicted octanol–water partition coefficient (Wildman–Crippen LogP) is 3.10. The van der Waals surface area contributed by atoms with E-state index in [2.05, 4.69) is 19.2 Å². The molecule has 0 amide bonds. The van der Waals surface area contributed by atoms with Gasteiger partial charge in [-0.2, -0.15) is 0 Å². The van der Waals surface area contributed by atoms with Crippen LogP contribution in [0.4, 0.5) is 22.0 Å². The topological polar surface area (TPSA) is 57.7 Å². The van der Waals surface area contributed by atoms with E-state index in [1.54, 1.807) is 0 Å². The Balaban J connectivity index is 3.45. The average molecular weight is 315 g/mol. The van der Waals surface area contributed by atoms with Gasteiger partial charge >= 0.3 is 12.3 Å². The third-order valence-electron chi connectivity index (χ3n) is 2.09. The normalized spacial score (nSPS) is 11.4. The Morgan fingerprint density at radius 2 is 2.00 bits per heavy atom. The molecular formula is C11H10F5NO4. The van der Waals surface area contributed by atoms with Crippen molar-refractivity contribution in [2.24, 2.45) is 0 Å². The van der Waals surface area contributed by atoms with Gasteiger partial charge in [-0.05, 0) is 6.92 Å². The van der Waals surface area contributed by atoms with Gasteiger partial charge in [0.1, 0.15) is 5.69 Å². The zero-order chi connectivity index (χ0) is 16.2. The Bertz CT molecular complexity index is 518. The van der Waals surface area contributed by atoms with Crippen LogP contribution in [0.5, 0.6) is 11.5 Å². The molecule has 1 aromatic heterocycles. The lowest BCUT2D eigenvalue weighted by Gasteiger charge is -2.16. The average Bonchev–Trinajstić information content (AvgIpc) is 2.36. The quantitative estimate of drug-likeness (QED) is 0.617. The predicted molar refractivity (Wildman–Crippen MR) is 58.4 cm³/mol.